The van der Waals surface area contributed by atoms with Gasteiger partial charge in [0.2, 0.25) is 5.88 Å². The van der Waals surface area contributed by atoms with Gasteiger partial charge in [-0.2, -0.15) is 0 Å². The highest BCUT2D eigenvalue weighted by atomic mass is 16.5. The Morgan fingerprint density at radius 3 is 2.55 bits per heavy atom. The molecule has 0 unspecified atom stereocenters. The smallest absolute Gasteiger partial charge is 0.273 e. The minimum absolute atomic E-state index is 0.202. The van der Waals surface area contributed by atoms with E-state index in [9.17, 15) is 4.79 Å². The summed E-state index contributed by atoms with van der Waals surface area (Å²) < 4.78 is 5.62. The molecule has 1 aromatic carbocycles. The van der Waals surface area contributed by atoms with E-state index in [1.165, 1.54) is 4.90 Å². The molecule has 1 amide bonds. The van der Waals surface area contributed by atoms with Gasteiger partial charge in [0.1, 0.15) is 5.75 Å². The average Bonchev–Trinajstić information content (AvgIpc) is 2.48. The van der Waals surface area contributed by atoms with Crippen LogP contribution in [0.5, 0.6) is 11.6 Å². The lowest BCUT2D eigenvalue weighted by Gasteiger charge is -2.10. The molecule has 0 bridgehead atoms. The third-order valence-electron chi connectivity index (χ3n) is 2.67. The van der Waals surface area contributed by atoms with Gasteiger partial charge in [0.25, 0.3) is 5.91 Å². The molecule has 0 aliphatic rings. The van der Waals surface area contributed by atoms with Gasteiger partial charge in [-0.05, 0) is 12.1 Å². The van der Waals surface area contributed by atoms with Crippen molar-refractivity contribution >= 4 is 5.91 Å². The van der Waals surface area contributed by atoms with Crippen LogP contribution in [0.15, 0.2) is 36.4 Å². The summed E-state index contributed by atoms with van der Waals surface area (Å²) in [4.78, 5) is 13.1. The number of nitrogens with two attached hydrogens (primary N) is 1. The van der Waals surface area contributed by atoms with Crippen molar-refractivity contribution in [2.45, 2.75) is 6.54 Å². The summed E-state index contributed by atoms with van der Waals surface area (Å²) in [5.74, 6) is 0.753. The molecule has 2 aromatic rings. The van der Waals surface area contributed by atoms with Gasteiger partial charge in [0, 0.05) is 32.3 Å². The highest BCUT2D eigenvalue weighted by Gasteiger charge is 2.11. The van der Waals surface area contributed by atoms with Gasteiger partial charge in [-0.15, -0.1) is 10.2 Å². The zero-order valence-electron chi connectivity index (χ0n) is 11.4. The summed E-state index contributed by atoms with van der Waals surface area (Å²) in [6.07, 6.45) is 0. The van der Waals surface area contributed by atoms with Crippen molar-refractivity contribution in [3.63, 3.8) is 0 Å². The minimum Gasteiger partial charge on any atom is -0.437 e. The number of hydrogen-bond acceptors (Lipinski definition) is 5. The summed E-state index contributed by atoms with van der Waals surface area (Å²) in [5.41, 5.74) is 6.79. The number of carbonyl (C=O) groups excluding carboxylic acids is 1. The summed E-state index contributed by atoms with van der Waals surface area (Å²) in [7, 11) is 3.32. The molecular weight excluding hydrogens is 256 g/mol. The van der Waals surface area contributed by atoms with Gasteiger partial charge in [-0.3, -0.25) is 4.79 Å². The lowest BCUT2D eigenvalue weighted by atomic mass is 10.2. The second kappa shape index (κ2) is 6.12. The zero-order valence-corrected chi connectivity index (χ0v) is 11.4. The standard InChI is InChI=1S/C14H16N4O2/c1-18(2)14(19)11-7-8-13(17-16-11)20-12-6-4-3-5-10(12)9-15/h3-8H,9,15H2,1-2H3. The van der Waals surface area contributed by atoms with Crippen LogP contribution in [0.2, 0.25) is 0 Å². The Morgan fingerprint density at radius 1 is 1.20 bits per heavy atom. The molecule has 2 N–H and O–H groups in total. The van der Waals surface area contributed by atoms with Crippen molar-refractivity contribution in [3.8, 4) is 11.6 Å². The van der Waals surface area contributed by atoms with Crippen molar-refractivity contribution in [2.75, 3.05) is 14.1 Å². The summed E-state index contributed by atoms with van der Waals surface area (Å²) in [6, 6.07) is 10.6. The van der Waals surface area contributed by atoms with Gasteiger partial charge in [0.15, 0.2) is 5.69 Å². The van der Waals surface area contributed by atoms with Crippen LogP contribution in [-0.2, 0) is 6.54 Å². The van der Waals surface area contributed by atoms with E-state index in [2.05, 4.69) is 10.2 Å². The Kier molecular flexibility index (Phi) is 4.27. The summed E-state index contributed by atoms with van der Waals surface area (Å²) >= 11 is 0. The number of nitrogens with zero attached hydrogens (tertiary/aromatic N) is 3. The van der Waals surface area contributed by atoms with Crippen LogP contribution < -0.4 is 10.5 Å². The molecule has 104 valence electrons. The fourth-order valence-corrected chi connectivity index (χ4v) is 1.60. The zero-order chi connectivity index (χ0) is 14.5. The second-order valence-corrected chi connectivity index (χ2v) is 4.37. The van der Waals surface area contributed by atoms with Gasteiger partial charge in [0.05, 0.1) is 0 Å². The Labute approximate surface area is 117 Å². The van der Waals surface area contributed by atoms with E-state index in [-0.39, 0.29) is 11.6 Å². The number of benzene rings is 1. The predicted octanol–water partition coefficient (Wildman–Crippen LogP) is 1.43. The van der Waals surface area contributed by atoms with Crippen LogP contribution in [0.4, 0.5) is 0 Å². The monoisotopic (exact) mass is 272 g/mol. The maximum absolute atomic E-state index is 11.7. The van der Waals surface area contributed by atoms with E-state index in [0.717, 1.165) is 5.56 Å². The first-order valence-electron chi connectivity index (χ1n) is 6.13. The molecule has 0 aliphatic heterocycles. The number of aromatic nitrogens is 2. The van der Waals surface area contributed by atoms with E-state index >= 15 is 0 Å². The third kappa shape index (κ3) is 3.10. The number of carbonyl (C=O) groups is 1. The van der Waals surface area contributed by atoms with Crippen LogP contribution in [0.3, 0.4) is 0 Å². The number of hydrogen-bond donors (Lipinski definition) is 1. The quantitative estimate of drug-likeness (QED) is 0.910. The summed E-state index contributed by atoms with van der Waals surface area (Å²) in [5, 5.41) is 7.75. The SMILES string of the molecule is CN(C)C(=O)c1ccc(Oc2ccccc2CN)nn1. The molecule has 0 saturated heterocycles. The van der Waals surface area contributed by atoms with E-state index in [1.807, 2.05) is 24.3 Å². The van der Waals surface area contributed by atoms with Gasteiger partial charge in [-0.1, -0.05) is 18.2 Å². The van der Waals surface area contributed by atoms with Crippen LogP contribution in [0, 0.1) is 0 Å². The number of ether oxygens (including phenoxy) is 1. The van der Waals surface area contributed by atoms with Crippen molar-refractivity contribution in [2.24, 2.45) is 5.73 Å². The molecular formula is C14H16N4O2. The van der Waals surface area contributed by atoms with Crippen LogP contribution in [0.25, 0.3) is 0 Å². The number of amides is 1. The molecule has 20 heavy (non-hydrogen) atoms. The molecule has 6 nitrogen and oxygen atoms in total. The van der Waals surface area contributed by atoms with Crippen LogP contribution in [0.1, 0.15) is 16.1 Å². The number of rotatable bonds is 4. The van der Waals surface area contributed by atoms with E-state index in [1.54, 1.807) is 26.2 Å². The predicted molar refractivity (Wildman–Crippen MR) is 74.5 cm³/mol. The van der Waals surface area contributed by atoms with Crippen molar-refractivity contribution in [1.29, 1.82) is 0 Å². The maximum Gasteiger partial charge on any atom is 0.273 e. The molecule has 2 rings (SSSR count). The van der Waals surface area contributed by atoms with Crippen molar-refractivity contribution in [1.82, 2.24) is 15.1 Å². The van der Waals surface area contributed by atoms with Gasteiger partial charge >= 0.3 is 0 Å². The van der Waals surface area contributed by atoms with E-state index in [4.69, 9.17) is 10.5 Å². The fraction of sp³-hybridized carbons (Fsp3) is 0.214. The average molecular weight is 272 g/mol. The fourth-order valence-electron chi connectivity index (χ4n) is 1.60. The molecule has 1 heterocycles. The molecule has 0 atom stereocenters. The van der Waals surface area contributed by atoms with E-state index < -0.39 is 0 Å². The molecule has 0 saturated carbocycles. The Morgan fingerprint density at radius 2 is 1.95 bits per heavy atom. The topological polar surface area (TPSA) is 81.3 Å². The molecule has 0 fully saturated rings. The molecule has 0 radical (unpaired) electrons. The normalized spacial score (nSPS) is 10.2. The third-order valence-corrected chi connectivity index (χ3v) is 2.67. The first-order chi connectivity index (χ1) is 9.61. The van der Waals surface area contributed by atoms with Crippen molar-refractivity contribution in [3.05, 3.63) is 47.7 Å². The summed E-state index contributed by atoms with van der Waals surface area (Å²) in [6.45, 7) is 0.376. The Balaban J connectivity index is 2.17. The maximum atomic E-state index is 11.7. The lowest BCUT2D eigenvalue weighted by Crippen LogP contribution is -2.23. The highest BCUT2D eigenvalue weighted by Crippen LogP contribution is 2.22. The first-order valence-corrected chi connectivity index (χ1v) is 6.13. The largest absolute Gasteiger partial charge is 0.437 e. The second-order valence-electron chi connectivity index (χ2n) is 4.37. The van der Waals surface area contributed by atoms with Gasteiger partial charge in [-0.25, -0.2) is 0 Å². The van der Waals surface area contributed by atoms with E-state index in [0.29, 0.717) is 18.2 Å². The molecule has 6 heteroatoms. The molecule has 0 aliphatic carbocycles. The minimum atomic E-state index is -0.202. The Hall–Kier alpha value is -2.47. The number of para-hydroxylation sites is 1. The first kappa shape index (κ1) is 14.0. The highest BCUT2D eigenvalue weighted by molar-refractivity contribution is 5.91. The van der Waals surface area contributed by atoms with Crippen LogP contribution in [-0.4, -0.2) is 35.1 Å². The van der Waals surface area contributed by atoms with Gasteiger partial charge < -0.3 is 15.4 Å². The molecule has 0 spiro atoms. The Bertz CT molecular complexity index is 596. The molecule has 1 aromatic heterocycles. The van der Waals surface area contributed by atoms with Crippen molar-refractivity contribution < 1.29 is 9.53 Å². The lowest BCUT2D eigenvalue weighted by molar-refractivity contribution is 0.0820. The van der Waals surface area contributed by atoms with Crippen LogP contribution >= 0.6 is 0 Å².